The van der Waals surface area contributed by atoms with Crippen LogP contribution in [-0.2, 0) is 0 Å². The fourth-order valence-corrected chi connectivity index (χ4v) is 1.30. The van der Waals surface area contributed by atoms with Gasteiger partial charge in [0, 0.05) is 17.6 Å². The quantitative estimate of drug-likeness (QED) is 0.861. The lowest BCUT2D eigenvalue weighted by atomic mass is 10.1. The zero-order valence-corrected chi connectivity index (χ0v) is 11.8. The standard InChI is InChI=1S/C13H20N2O2.ClH/c1-4-17-11-7-5-6-10(8-11)12(16)15-9-13(2,3)14;/h5-8H,4,9,14H2,1-3H3,(H,15,16);1H. The minimum atomic E-state index is -0.410. The van der Waals surface area contributed by atoms with E-state index in [1.807, 2.05) is 26.8 Å². The van der Waals surface area contributed by atoms with E-state index in [4.69, 9.17) is 10.5 Å². The third kappa shape index (κ3) is 5.89. The van der Waals surface area contributed by atoms with Gasteiger partial charge in [-0.1, -0.05) is 6.07 Å². The summed E-state index contributed by atoms with van der Waals surface area (Å²) in [6, 6.07) is 7.10. The molecule has 4 nitrogen and oxygen atoms in total. The highest BCUT2D eigenvalue weighted by atomic mass is 35.5. The van der Waals surface area contributed by atoms with Crippen molar-refractivity contribution in [3.8, 4) is 5.75 Å². The average molecular weight is 273 g/mol. The van der Waals surface area contributed by atoms with Gasteiger partial charge in [-0.05, 0) is 39.0 Å². The van der Waals surface area contributed by atoms with E-state index < -0.39 is 5.54 Å². The number of ether oxygens (including phenoxy) is 1. The van der Waals surface area contributed by atoms with Crippen LogP contribution in [0.2, 0.25) is 0 Å². The second-order valence-electron chi connectivity index (χ2n) is 4.63. The smallest absolute Gasteiger partial charge is 0.251 e. The first-order valence-electron chi connectivity index (χ1n) is 5.72. The summed E-state index contributed by atoms with van der Waals surface area (Å²) < 4.78 is 5.34. The number of amides is 1. The summed E-state index contributed by atoms with van der Waals surface area (Å²) >= 11 is 0. The third-order valence-electron chi connectivity index (χ3n) is 2.11. The van der Waals surface area contributed by atoms with Gasteiger partial charge >= 0.3 is 0 Å². The van der Waals surface area contributed by atoms with E-state index in [0.717, 1.165) is 0 Å². The van der Waals surface area contributed by atoms with Gasteiger partial charge in [0.2, 0.25) is 0 Å². The largest absolute Gasteiger partial charge is 0.494 e. The van der Waals surface area contributed by atoms with E-state index in [-0.39, 0.29) is 18.3 Å². The molecule has 0 aliphatic rings. The van der Waals surface area contributed by atoms with Crippen molar-refractivity contribution in [2.45, 2.75) is 26.3 Å². The third-order valence-corrected chi connectivity index (χ3v) is 2.11. The Bertz CT molecular complexity index is 389. The van der Waals surface area contributed by atoms with E-state index in [2.05, 4.69) is 5.32 Å². The monoisotopic (exact) mass is 272 g/mol. The molecule has 0 radical (unpaired) electrons. The molecule has 0 fully saturated rings. The van der Waals surface area contributed by atoms with Crippen molar-refractivity contribution < 1.29 is 9.53 Å². The van der Waals surface area contributed by atoms with Gasteiger partial charge in [-0.3, -0.25) is 4.79 Å². The van der Waals surface area contributed by atoms with E-state index in [9.17, 15) is 4.79 Å². The van der Waals surface area contributed by atoms with Crippen LogP contribution >= 0.6 is 12.4 Å². The molecule has 0 atom stereocenters. The van der Waals surface area contributed by atoms with Gasteiger partial charge in [-0.2, -0.15) is 0 Å². The molecule has 0 aromatic heterocycles. The lowest BCUT2D eigenvalue weighted by molar-refractivity contribution is 0.0945. The Kier molecular flexibility index (Phi) is 6.73. The maximum atomic E-state index is 11.8. The van der Waals surface area contributed by atoms with Crippen LogP contribution in [0.4, 0.5) is 0 Å². The van der Waals surface area contributed by atoms with Crippen molar-refractivity contribution in [3.63, 3.8) is 0 Å². The Morgan fingerprint density at radius 1 is 1.44 bits per heavy atom. The number of nitrogens with one attached hydrogen (secondary N) is 1. The van der Waals surface area contributed by atoms with Crippen LogP contribution in [0.25, 0.3) is 0 Å². The van der Waals surface area contributed by atoms with Crippen LogP contribution in [0.5, 0.6) is 5.75 Å². The second-order valence-corrected chi connectivity index (χ2v) is 4.63. The SMILES string of the molecule is CCOc1cccc(C(=O)NCC(C)(C)N)c1.Cl. The molecule has 1 rings (SSSR count). The molecule has 0 aliphatic heterocycles. The van der Waals surface area contributed by atoms with Gasteiger partial charge in [0.1, 0.15) is 5.75 Å². The van der Waals surface area contributed by atoms with Crippen LogP contribution in [0, 0.1) is 0 Å². The Hall–Kier alpha value is -1.26. The fourth-order valence-electron chi connectivity index (χ4n) is 1.30. The summed E-state index contributed by atoms with van der Waals surface area (Å²) in [5.41, 5.74) is 5.97. The number of benzene rings is 1. The first-order chi connectivity index (χ1) is 7.92. The van der Waals surface area contributed by atoms with E-state index in [0.29, 0.717) is 24.5 Å². The van der Waals surface area contributed by atoms with E-state index in [1.54, 1.807) is 18.2 Å². The van der Waals surface area contributed by atoms with Gasteiger partial charge in [0.25, 0.3) is 5.91 Å². The van der Waals surface area contributed by atoms with Crippen molar-refractivity contribution in [1.29, 1.82) is 0 Å². The summed E-state index contributed by atoms with van der Waals surface area (Å²) in [6.45, 7) is 6.66. The van der Waals surface area contributed by atoms with Gasteiger partial charge in [0.05, 0.1) is 6.61 Å². The zero-order chi connectivity index (χ0) is 12.9. The van der Waals surface area contributed by atoms with Gasteiger partial charge < -0.3 is 15.8 Å². The molecule has 1 amide bonds. The fraction of sp³-hybridized carbons (Fsp3) is 0.462. The van der Waals surface area contributed by atoms with Crippen LogP contribution in [-0.4, -0.2) is 24.6 Å². The predicted molar refractivity (Wildman–Crippen MR) is 75.5 cm³/mol. The molecule has 0 saturated heterocycles. The number of nitrogens with two attached hydrogens (primary N) is 1. The van der Waals surface area contributed by atoms with Gasteiger partial charge in [-0.15, -0.1) is 12.4 Å². The lowest BCUT2D eigenvalue weighted by Gasteiger charge is -2.18. The summed E-state index contributed by atoms with van der Waals surface area (Å²) in [4.78, 5) is 11.8. The highest BCUT2D eigenvalue weighted by Gasteiger charge is 2.13. The molecule has 3 N–H and O–H groups in total. The first-order valence-corrected chi connectivity index (χ1v) is 5.72. The minimum Gasteiger partial charge on any atom is -0.494 e. The Morgan fingerprint density at radius 2 is 2.11 bits per heavy atom. The Labute approximate surface area is 114 Å². The van der Waals surface area contributed by atoms with Crippen molar-refractivity contribution in [1.82, 2.24) is 5.32 Å². The molecule has 0 saturated carbocycles. The molecule has 0 aliphatic carbocycles. The van der Waals surface area contributed by atoms with Crippen LogP contribution < -0.4 is 15.8 Å². The highest BCUT2D eigenvalue weighted by Crippen LogP contribution is 2.13. The summed E-state index contributed by atoms with van der Waals surface area (Å²) in [6.07, 6.45) is 0. The molecule has 0 bridgehead atoms. The Morgan fingerprint density at radius 3 is 2.67 bits per heavy atom. The van der Waals surface area contributed by atoms with Crippen LogP contribution in [0.15, 0.2) is 24.3 Å². The number of rotatable bonds is 5. The summed E-state index contributed by atoms with van der Waals surface area (Å²) in [5, 5.41) is 2.79. The number of hydrogen-bond acceptors (Lipinski definition) is 3. The molecule has 1 aromatic rings. The van der Waals surface area contributed by atoms with Crippen molar-refractivity contribution >= 4 is 18.3 Å². The number of hydrogen-bond donors (Lipinski definition) is 2. The normalized spacial score (nSPS) is 10.4. The molecule has 0 spiro atoms. The van der Waals surface area contributed by atoms with Crippen molar-refractivity contribution in [2.24, 2.45) is 5.73 Å². The first kappa shape index (κ1) is 16.7. The number of halogens is 1. The molecular weight excluding hydrogens is 252 g/mol. The second kappa shape index (κ2) is 7.24. The molecule has 0 heterocycles. The average Bonchev–Trinajstić information content (AvgIpc) is 2.26. The van der Waals surface area contributed by atoms with Gasteiger partial charge in [-0.25, -0.2) is 0 Å². The highest BCUT2D eigenvalue weighted by molar-refractivity contribution is 5.94. The molecule has 1 aromatic carbocycles. The van der Waals surface area contributed by atoms with Crippen LogP contribution in [0.1, 0.15) is 31.1 Å². The molecule has 5 heteroatoms. The molecule has 0 unspecified atom stereocenters. The Balaban J connectivity index is 0.00000289. The molecule has 102 valence electrons. The number of carbonyl (C=O) groups excluding carboxylic acids is 1. The molecular formula is C13H21ClN2O2. The summed E-state index contributed by atoms with van der Waals surface area (Å²) in [5.74, 6) is 0.567. The van der Waals surface area contributed by atoms with E-state index in [1.165, 1.54) is 0 Å². The lowest BCUT2D eigenvalue weighted by Crippen LogP contribution is -2.45. The molecule has 18 heavy (non-hydrogen) atoms. The predicted octanol–water partition coefficient (Wildman–Crippen LogP) is 1.97. The van der Waals surface area contributed by atoms with Crippen LogP contribution in [0.3, 0.4) is 0 Å². The minimum absolute atomic E-state index is 0. The topological polar surface area (TPSA) is 64.3 Å². The van der Waals surface area contributed by atoms with Crippen molar-refractivity contribution in [3.05, 3.63) is 29.8 Å². The van der Waals surface area contributed by atoms with Gasteiger partial charge in [0.15, 0.2) is 0 Å². The van der Waals surface area contributed by atoms with E-state index >= 15 is 0 Å². The number of carbonyl (C=O) groups is 1. The zero-order valence-electron chi connectivity index (χ0n) is 11.0. The maximum absolute atomic E-state index is 11.8. The summed E-state index contributed by atoms with van der Waals surface area (Å²) in [7, 11) is 0. The maximum Gasteiger partial charge on any atom is 0.251 e. The van der Waals surface area contributed by atoms with Crippen molar-refractivity contribution in [2.75, 3.05) is 13.2 Å².